The fourth-order valence-electron chi connectivity index (χ4n) is 2.23. The molecule has 1 amide bonds. The molecule has 2 N–H and O–H groups in total. The largest absolute Gasteiger partial charge is 0.479 e. The average Bonchev–Trinajstić information content (AvgIpc) is 2.97. The van der Waals surface area contributed by atoms with Crippen LogP contribution in [0.15, 0.2) is 65.1 Å². The first-order chi connectivity index (χ1) is 10.6. The third kappa shape index (κ3) is 2.69. The summed E-state index contributed by atoms with van der Waals surface area (Å²) in [6.07, 6.45) is 0. The fraction of sp³-hybridized carbons (Fsp3) is 0.0588. The first-order valence-electron chi connectivity index (χ1n) is 6.72. The van der Waals surface area contributed by atoms with Gasteiger partial charge >= 0.3 is 5.97 Å². The molecular weight excluding hydrogens is 282 g/mol. The summed E-state index contributed by atoms with van der Waals surface area (Å²) in [5.74, 6) is -1.61. The molecule has 110 valence electrons. The van der Waals surface area contributed by atoms with Gasteiger partial charge in [0.15, 0.2) is 11.8 Å². The number of carboxylic acids is 1. The maximum absolute atomic E-state index is 12.2. The quantitative estimate of drug-likeness (QED) is 0.775. The Balaban J connectivity index is 1.86. The molecule has 3 rings (SSSR count). The topological polar surface area (TPSA) is 79.5 Å². The van der Waals surface area contributed by atoms with E-state index in [1.54, 1.807) is 48.5 Å². The number of nitrogens with one attached hydrogen (secondary N) is 1. The van der Waals surface area contributed by atoms with E-state index in [9.17, 15) is 14.7 Å². The molecule has 0 fully saturated rings. The van der Waals surface area contributed by atoms with Crippen molar-refractivity contribution in [3.05, 3.63) is 72.0 Å². The molecule has 5 nitrogen and oxygen atoms in total. The van der Waals surface area contributed by atoms with Gasteiger partial charge in [-0.25, -0.2) is 4.79 Å². The van der Waals surface area contributed by atoms with E-state index in [4.69, 9.17) is 4.42 Å². The van der Waals surface area contributed by atoms with Crippen LogP contribution >= 0.6 is 0 Å². The number of hydrogen-bond donors (Lipinski definition) is 2. The number of amides is 1. The van der Waals surface area contributed by atoms with Crippen molar-refractivity contribution in [1.82, 2.24) is 5.32 Å². The highest BCUT2D eigenvalue weighted by molar-refractivity contribution is 5.98. The molecule has 0 aliphatic rings. The van der Waals surface area contributed by atoms with Gasteiger partial charge in [-0.2, -0.15) is 0 Å². The number of hydrogen-bond acceptors (Lipinski definition) is 3. The Bertz CT molecular complexity index is 790. The third-order valence-corrected chi connectivity index (χ3v) is 3.30. The number of fused-ring (bicyclic) bond motifs is 1. The van der Waals surface area contributed by atoms with Gasteiger partial charge in [-0.3, -0.25) is 4.79 Å². The number of aliphatic carboxylic acids is 1. The van der Waals surface area contributed by atoms with Crippen LogP contribution in [-0.2, 0) is 4.79 Å². The van der Waals surface area contributed by atoms with Gasteiger partial charge in [-0.1, -0.05) is 48.5 Å². The smallest absolute Gasteiger partial charge is 0.330 e. The van der Waals surface area contributed by atoms with Gasteiger partial charge in [-0.05, 0) is 17.7 Å². The molecule has 0 radical (unpaired) electrons. The van der Waals surface area contributed by atoms with Gasteiger partial charge in [0, 0.05) is 5.39 Å². The van der Waals surface area contributed by atoms with Crippen LogP contribution in [0.25, 0.3) is 11.0 Å². The van der Waals surface area contributed by atoms with Crippen LogP contribution in [0.2, 0.25) is 0 Å². The van der Waals surface area contributed by atoms with Crippen molar-refractivity contribution in [2.45, 2.75) is 6.04 Å². The summed E-state index contributed by atoms with van der Waals surface area (Å²) in [6.45, 7) is 0. The van der Waals surface area contributed by atoms with E-state index in [1.807, 2.05) is 12.1 Å². The SMILES string of the molecule is O=C(N[C@H](C(=O)O)c1ccccc1)c1cc2ccccc2o1. The summed E-state index contributed by atoms with van der Waals surface area (Å²) in [5.41, 5.74) is 1.08. The first-order valence-corrected chi connectivity index (χ1v) is 6.72. The zero-order valence-electron chi connectivity index (χ0n) is 11.5. The van der Waals surface area contributed by atoms with Gasteiger partial charge in [0.2, 0.25) is 0 Å². The summed E-state index contributed by atoms with van der Waals surface area (Å²) in [5, 5.41) is 12.6. The molecule has 1 aromatic heterocycles. The van der Waals surface area contributed by atoms with E-state index in [0.717, 1.165) is 5.39 Å². The third-order valence-electron chi connectivity index (χ3n) is 3.30. The van der Waals surface area contributed by atoms with Gasteiger partial charge in [-0.15, -0.1) is 0 Å². The van der Waals surface area contributed by atoms with Crippen LogP contribution in [0.3, 0.4) is 0 Å². The molecule has 5 heteroatoms. The maximum Gasteiger partial charge on any atom is 0.330 e. The Morgan fingerprint density at radius 1 is 1.00 bits per heavy atom. The lowest BCUT2D eigenvalue weighted by Crippen LogP contribution is -2.33. The predicted molar refractivity (Wildman–Crippen MR) is 80.5 cm³/mol. The monoisotopic (exact) mass is 295 g/mol. The van der Waals surface area contributed by atoms with Gasteiger partial charge in [0.1, 0.15) is 5.58 Å². The Kier molecular flexibility index (Phi) is 3.62. The van der Waals surface area contributed by atoms with Crippen molar-refractivity contribution in [2.75, 3.05) is 0 Å². The molecule has 3 aromatic rings. The van der Waals surface area contributed by atoms with Crippen molar-refractivity contribution < 1.29 is 19.1 Å². The summed E-state index contributed by atoms with van der Waals surface area (Å²) in [4.78, 5) is 23.6. The molecule has 0 aliphatic carbocycles. The summed E-state index contributed by atoms with van der Waals surface area (Å²) in [6, 6.07) is 16.2. The van der Waals surface area contributed by atoms with Crippen LogP contribution < -0.4 is 5.32 Å². The van der Waals surface area contributed by atoms with Crippen LogP contribution in [0.1, 0.15) is 22.2 Å². The second-order valence-corrected chi connectivity index (χ2v) is 4.80. The van der Waals surface area contributed by atoms with Crippen molar-refractivity contribution >= 4 is 22.8 Å². The highest BCUT2D eigenvalue weighted by atomic mass is 16.4. The van der Waals surface area contributed by atoms with Gasteiger partial charge in [0.25, 0.3) is 5.91 Å². The number of furan rings is 1. The van der Waals surface area contributed by atoms with Crippen molar-refractivity contribution in [1.29, 1.82) is 0 Å². The molecule has 0 bridgehead atoms. The highest BCUT2D eigenvalue weighted by Gasteiger charge is 2.24. The number of para-hydroxylation sites is 1. The average molecular weight is 295 g/mol. The number of carboxylic acid groups (broad SMARTS) is 1. The van der Waals surface area contributed by atoms with E-state index in [0.29, 0.717) is 11.1 Å². The second-order valence-electron chi connectivity index (χ2n) is 4.80. The minimum Gasteiger partial charge on any atom is -0.479 e. The Labute approximate surface area is 126 Å². The fourth-order valence-corrected chi connectivity index (χ4v) is 2.23. The van der Waals surface area contributed by atoms with E-state index in [2.05, 4.69) is 5.32 Å². The van der Waals surface area contributed by atoms with Crippen molar-refractivity contribution in [3.63, 3.8) is 0 Å². The lowest BCUT2D eigenvalue weighted by molar-refractivity contribution is -0.139. The summed E-state index contributed by atoms with van der Waals surface area (Å²) >= 11 is 0. The predicted octanol–water partition coefficient (Wildman–Crippen LogP) is 2.99. The minimum absolute atomic E-state index is 0.0865. The highest BCUT2D eigenvalue weighted by Crippen LogP contribution is 2.20. The van der Waals surface area contributed by atoms with Crippen LogP contribution in [0.4, 0.5) is 0 Å². The molecule has 1 heterocycles. The summed E-state index contributed by atoms with van der Waals surface area (Å²) < 4.78 is 5.44. The summed E-state index contributed by atoms with van der Waals surface area (Å²) in [7, 11) is 0. The molecule has 0 aliphatic heterocycles. The zero-order chi connectivity index (χ0) is 15.5. The Hall–Kier alpha value is -3.08. The second kappa shape index (κ2) is 5.73. The molecule has 1 atom stereocenters. The standard InChI is InChI=1S/C17H13NO4/c19-16(14-10-12-8-4-5-9-13(12)22-14)18-15(17(20)21)11-6-2-1-3-7-11/h1-10,15H,(H,18,19)(H,20,21)/t15-/m0/s1. The molecule has 0 saturated carbocycles. The first kappa shape index (κ1) is 13.9. The molecule has 22 heavy (non-hydrogen) atoms. The maximum atomic E-state index is 12.2. The van der Waals surface area contributed by atoms with E-state index < -0.39 is 17.9 Å². The minimum atomic E-state index is -1.13. The number of carbonyl (C=O) groups is 2. The molecular formula is C17H13NO4. The van der Waals surface area contributed by atoms with Gasteiger partial charge in [0.05, 0.1) is 0 Å². The zero-order valence-corrected chi connectivity index (χ0v) is 11.5. The number of carbonyl (C=O) groups excluding carboxylic acids is 1. The van der Waals surface area contributed by atoms with E-state index in [1.165, 1.54) is 0 Å². The molecule has 2 aromatic carbocycles. The van der Waals surface area contributed by atoms with E-state index >= 15 is 0 Å². The Morgan fingerprint density at radius 2 is 1.68 bits per heavy atom. The van der Waals surface area contributed by atoms with Crippen LogP contribution in [0, 0.1) is 0 Å². The molecule has 0 spiro atoms. The normalized spacial score (nSPS) is 12.0. The van der Waals surface area contributed by atoms with Crippen LogP contribution in [-0.4, -0.2) is 17.0 Å². The van der Waals surface area contributed by atoms with Gasteiger partial charge < -0.3 is 14.8 Å². The van der Waals surface area contributed by atoms with Crippen molar-refractivity contribution in [2.24, 2.45) is 0 Å². The van der Waals surface area contributed by atoms with Crippen molar-refractivity contribution in [3.8, 4) is 0 Å². The lowest BCUT2D eigenvalue weighted by atomic mass is 10.1. The van der Waals surface area contributed by atoms with E-state index in [-0.39, 0.29) is 5.76 Å². The lowest BCUT2D eigenvalue weighted by Gasteiger charge is -2.13. The van der Waals surface area contributed by atoms with Crippen LogP contribution in [0.5, 0.6) is 0 Å². The molecule has 0 saturated heterocycles. The Morgan fingerprint density at radius 3 is 2.36 bits per heavy atom. The number of benzene rings is 2. The number of rotatable bonds is 4. The molecule has 0 unspecified atom stereocenters.